The second-order valence-corrected chi connectivity index (χ2v) is 4.69. The van der Waals surface area contributed by atoms with Crippen molar-refractivity contribution in [1.82, 2.24) is 10.3 Å². The molecule has 19 heavy (non-hydrogen) atoms. The van der Waals surface area contributed by atoms with Gasteiger partial charge in [0.15, 0.2) is 0 Å². The number of amides is 1. The zero-order chi connectivity index (χ0) is 13.8. The van der Waals surface area contributed by atoms with Gasteiger partial charge in [-0.2, -0.15) is 0 Å². The van der Waals surface area contributed by atoms with E-state index in [-0.39, 0.29) is 17.8 Å². The molecule has 0 saturated carbocycles. The van der Waals surface area contributed by atoms with Crippen LogP contribution < -0.4 is 10.6 Å². The van der Waals surface area contributed by atoms with Gasteiger partial charge in [0, 0.05) is 23.7 Å². The van der Waals surface area contributed by atoms with Gasteiger partial charge < -0.3 is 10.6 Å². The smallest absolute Gasteiger partial charge is 0.251 e. The Hall–Kier alpha value is -2.02. The van der Waals surface area contributed by atoms with Gasteiger partial charge in [0.1, 0.15) is 17.3 Å². The van der Waals surface area contributed by atoms with Crippen molar-refractivity contribution in [3.8, 4) is 0 Å². The summed E-state index contributed by atoms with van der Waals surface area (Å²) in [7, 11) is 1.41. The van der Waals surface area contributed by atoms with Crippen LogP contribution in [0.15, 0.2) is 23.8 Å². The van der Waals surface area contributed by atoms with E-state index >= 15 is 0 Å². The largest absolute Gasteiger partial charge is 0.383 e. The van der Waals surface area contributed by atoms with Crippen molar-refractivity contribution in [3.05, 3.63) is 45.9 Å². The molecule has 1 heterocycles. The fraction of sp³-hybridized carbons (Fsp3) is 0.167. The molecule has 0 fully saturated rings. The first-order valence-corrected chi connectivity index (χ1v) is 6.32. The minimum absolute atomic E-state index is 0.0569. The van der Waals surface area contributed by atoms with E-state index in [1.807, 2.05) is 0 Å². The summed E-state index contributed by atoms with van der Waals surface area (Å²) >= 11 is 1.39. The normalized spacial score (nSPS) is 10.3. The Morgan fingerprint density at radius 1 is 1.37 bits per heavy atom. The van der Waals surface area contributed by atoms with Crippen molar-refractivity contribution in [2.75, 3.05) is 12.4 Å². The summed E-state index contributed by atoms with van der Waals surface area (Å²) in [6.07, 6.45) is 1.62. The fourth-order valence-corrected chi connectivity index (χ4v) is 2.08. The van der Waals surface area contributed by atoms with Crippen LogP contribution in [0.25, 0.3) is 0 Å². The Bertz CT molecular complexity index is 564. The van der Waals surface area contributed by atoms with Crippen molar-refractivity contribution < 1.29 is 13.6 Å². The van der Waals surface area contributed by atoms with Gasteiger partial charge in [0.2, 0.25) is 0 Å². The molecular weight excluding hydrogens is 272 g/mol. The molecule has 0 aliphatic heterocycles. The molecule has 0 saturated heterocycles. The highest BCUT2D eigenvalue weighted by molar-refractivity contribution is 7.09. The third kappa shape index (κ3) is 3.05. The second kappa shape index (κ2) is 5.75. The summed E-state index contributed by atoms with van der Waals surface area (Å²) < 4.78 is 27.0. The maximum atomic E-state index is 13.5. The van der Waals surface area contributed by atoms with Crippen LogP contribution in [0.4, 0.5) is 14.5 Å². The Kier molecular flexibility index (Phi) is 4.06. The molecule has 100 valence electrons. The highest BCUT2D eigenvalue weighted by Crippen LogP contribution is 2.20. The molecule has 0 atom stereocenters. The summed E-state index contributed by atoms with van der Waals surface area (Å²) in [6.45, 7) is 0.278. The van der Waals surface area contributed by atoms with Crippen molar-refractivity contribution in [2.45, 2.75) is 6.54 Å². The first-order chi connectivity index (χ1) is 9.11. The van der Waals surface area contributed by atoms with Gasteiger partial charge in [0.05, 0.1) is 12.1 Å². The zero-order valence-corrected chi connectivity index (χ0v) is 10.9. The molecule has 0 unspecified atom stereocenters. The number of carbonyl (C=O) groups is 1. The molecule has 4 nitrogen and oxygen atoms in total. The van der Waals surface area contributed by atoms with E-state index in [1.54, 1.807) is 11.7 Å². The SMILES string of the molecule is CNc1c(F)cc(C(=O)NCc2cncs2)cc1F. The average molecular weight is 283 g/mol. The van der Waals surface area contributed by atoms with Gasteiger partial charge >= 0.3 is 0 Å². The summed E-state index contributed by atoms with van der Waals surface area (Å²) in [5.74, 6) is -2.13. The highest BCUT2D eigenvalue weighted by Gasteiger charge is 2.14. The third-order valence-corrected chi connectivity index (χ3v) is 3.24. The highest BCUT2D eigenvalue weighted by atomic mass is 32.1. The van der Waals surface area contributed by atoms with Crippen LogP contribution in [-0.2, 0) is 6.54 Å². The van der Waals surface area contributed by atoms with Gasteiger partial charge in [-0.3, -0.25) is 9.78 Å². The lowest BCUT2D eigenvalue weighted by Gasteiger charge is -2.07. The van der Waals surface area contributed by atoms with Crippen LogP contribution in [0.1, 0.15) is 15.2 Å². The van der Waals surface area contributed by atoms with E-state index in [9.17, 15) is 13.6 Å². The third-order valence-electron chi connectivity index (χ3n) is 2.46. The lowest BCUT2D eigenvalue weighted by Crippen LogP contribution is -2.22. The molecule has 1 aromatic heterocycles. The minimum atomic E-state index is -0.801. The van der Waals surface area contributed by atoms with Crippen molar-refractivity contribution in [3.63, 3.8) is 0 Å². The van der Waals surface area contributed by atoms with Crippen LogP contribution in [-0.4, -0.2) is 17.9 Å². The standard InChI is InChI=1S/C12H11F2N3OS/c1-15-11-9(13)2-7(3-10(11)14)12(18)17-5-8-4-16-6-19-8/h2-4,6,15H,5H2,1H3,(H,17,18). The number of benzene rings is 1. The van der Waals surface area contributed by atoms with Gasteiger partial charge in [-0.25, -0.2) is 8.78 Å². The molecule has 0 aliphatic carbocycles. The maximum Gasteiger partial charge on any atom is 0.251 e. The lowest BCUT2D eigenvalue weighted by atomic mass is 10.1. The van der Waals surface area contributed by atoms with Crippen molar-refractivity contribution >= 4 is 22.9 Å². The molecule has 0 bridgehead atoms. The number of aromatic nitrogens is 1. The molecule has 0 radical (unpaired) electrons. The summed E-state index contributed by atoms with van der Waals surface area (Å²) in [6, 6.07) is 1.99. The first kappa shape index (κ1) is 13.4. The second-order valence-electron chi connectivity index (χ2n) is 3.72. The number of halogens is 2. The minimum Gasteiger partial charge on any atom is -0.383 e. The number of carbonyl (C=O) groups excluding carboxylic acids is 1. The first-order valence-electron chi connectivity index (χ1n) is 5.44. The summed E-state index contributed by atoms with van der Waals surface area (Å²) in [5, 5.41) is 4.97. The molecule has 1 amide bonds. The maximum absolute atomic E-state index is 13.5. The Morgan fingerprint density at radius 2 is 2.05 bits per heavy atom. The van der Waals surface area contributed by atoms with Gasteiger partial charge in [-0.15, -0.1) is 11.3 Å². The number of rotatable bonds is 4. The number of hydrogen-bond acceptors (Lipinski definition) is 4. The lowest BCUT2D eigenvalue weighted by molar-refractivity contribution is 0.0950. The van der Waals surface area contributed by atoms with E-state index in [1.165, 1.54) is 18.4 Å². The number of anilines is 1. The summed E-state index contributed by atoms with van der Waals surface area (Å²) in [5.41, 5.74) is 1.33. The van der Waals surface area contributed by atoms with Gasteiger partial charge in [-0.05, 0) is 12.1 Å². The van der Waals surface area contributed by atoms with E-state index in [4.69, 9.17) is 0 Å². The quantitative estimate of drug-likeness (QED) is 0.906. The van der Waals surface area contributed by atoms with Crippen LogP contribution in [0.3, 0.4) is 0 Å². The van der Waals surface area contributed by atoms with Crippen LogP contribution in [0.2, 0.25) is 0 Å². The van der Waals surface area contributed by atoms with Crippen LogP contribution >= 0.6 is 11.3 Å². The number of nitrogens with zero attached hydrogens (tertiary/aromatic N) is 1. The molecule has 2 N–H and O–H groups in total. The molecule has 2 rings (SSSR count). The average Bonchev–Trinajstić information content (AvgIpc) is 2.88. The van der Waals surface area contributed by atoms with E-state index in [0.29, 0.717) is 0 Å². The molecular formula is C12H11F2N3OS. The topological polar surface area (TPSA) is 54.0 Å². The summed E-state index contributed by atoms with van der Waals surface area (Å²) in [4.78, 5) is 16.5. The molecule has 0 aliphatic rings. The fourth-order valence-electron chi connectivity index (χ4n) is 1.54. The van der Waals surface area contributed by atoms with Crippen molar-refractivity contribution in [2.24, 2.45) is 0 Å². The van der Waals surface area contributed by atoms with Crippen molar-refractivity contribution in [1.29, 1.82) is 0 Å². The van der Waals surface area contributed by atoms with E-state index < -0.39 is 17.5 Å². The molecule has 1 aromatic carbocycles. The van der Waals surface area contributed by atoms with Gasteiger partial charge in [0.25, 0.3) is 5.91 Å². The Labute approximate surface area is 112 Å². The van der Waals surface area contributed by atoms with E-state index in [0.717, 1.165) is 17.0 Å². The number of nitrogens with one attached hydrogen (secondary N) is 2. The Morgan fingerprint density at radius 3 is 2.58 bits per heavy atom. The van der Waals surface area contributed by atoms with E-state index in [2.05, 4.69) is 15.6 Å². The predicted octanol–water partition coefficient (Wildman–Crippen LogP) is 2.39. The zero-order valence-electron chi connectivity index (χ0n) is 10.0. The Balaban J connectivity index is 2.11. The molecule has 0 spiro atoms. The van der Waals surface area contributed by atoms with Crippen LogP contribution in [0, 0.1) is 11.6 Å². The molecule has 7 heteroatoms. The predicted molar refractivity (Wildman–Crippen MR) is 69.2 cm³/mol. The van der Waals surface area contributed by atoms with Crippen LogP contribution in [0.5, 0.6) is 0 Å². The number of thiazole rings is 1. The number of hydrogen-bond donors (Lipinski definition) is 2. The monoisotopic (exact) mass is 283 g/mol. The molecule has 2 aromatic rings. The van der Waals surface area contributed by atoms with Gasteiger partial charge in [-0.1, -0.05) is 0 Å².